The summed E-state index contributed by atoms with van der Waals surface area (Å²) in [6, 6.07) is 6.71. The second kappa shape index (κ2) is 8.20. The molecule has 0 aliphatic rings. The standard InChI is InChI=1S/C14H25N3/c1-4-7-14(15-2)12-17(3)11-9-13-8-5-6-10-16-13/h5-6,8,10,14-15H,4,7,9,11-12H2,1-3H3. The second-order valence-electron chi connectivity index (χ2n) is 4.61. The van der Waals surface area contributed by atoms with Crippen molar-refractivity contribution in [1.82, 2.24) is 15.2 Å². The summed E-state index contributed by atoms with van der Waals surface area (Å²) in [5, 5.41) is 3.37. The predicted molar refractivity (Wildman–Crippen MR) is 73.2 cm³/mol. The highest BCUT2D eigenvalue weighted by molar-refractivity contribution is 5.03. The lowest BCUT2D eigenvalue weighted by atomic mass is 10.1. The van der Waals surface area contributed by atoms with Gasteiger partial charge in [0.25, 0.3) is 0 Å². The minimum atomic E-state index is 0.605. The molecule has 0 radical (unpaired) electrons. The molecule has 0 amide bonds. The molecule has 0 saturated carbocycles. The first-order valence-electron chi connectivity index (χ1n) is 6.52. The van der Waals surface area contributed by atoms with E-state index in [-0.39, 0.29) is 0 Å². The molecule has 1 unspecified atom stereocenters. The Morgan fingerprint density at radius 1 is 1.41 bits per heavy atom. The molecule has 1 aromatic rings. The molecule has 0 aliphatic carbocycles. The van der Waals surface area contributed by atoms with Gasteiger partial charge in [0.1, 0.15) is 0 Å². The minimum absolute atomic E-state index is 0.605. The maximum atomic E-state index is 4.34. The molecule has 0 saturated heterocycles. The average molecular weight is 235 g/mol. The predicted octanol–water partition coefficient (Wildman–Crippen LogP) is 1.94. The highest BCUT2D eigenvalue weighted by Gasteiger charge is 2.08. The zero-order chi connectivity index (χ0) is 12.5. The van der Waals surface area contributed by atoms with Gasteiger partial charge in [-0.25, -0.2) is 0 Å². The summed E-state index contributed by atoms with van der Waals surface area (Å²) in [7, 11) is 4.23. The summed E-state index contributed by atoms with van der Waals surface area (Å²) in [6.07, 6.45) is 5.37. The Labute approximate surface area is 105 Å². The highest BCUT2D eigenvalue weighted by Crippen LogP contribution is 2.01. The van der Waals surface area contributed by atoms with Gasteiger partial charge in [-0.05, 0) is 32.6 Å². The molecule has 0 aliphatic heterocycles. The van der Waals surface area contributed by atoms with Crippen molar-refractivity contribution in [3.8, 4) is 0 Å². The van der Waals surface area contributed by atoms with Crippen LogP contribution in [0.1, 0.15) is 25.5 Å². The van der Waals surface area contributed by atoms with Crippen LogP contribution in [0.15, 0.2) is 24.4 Å². The number of rotatable bonds is 8. The number of hydrogen-bond donors (Lipinski definition) is 1. The Hall–Kier alpha value is -0.930. The van der Waals surface area contributed by atoms with E-state index in [0.717, 1.165) is 19.5 Å². The van der Waals surface area contributed by atoms with Gasteiger partial charge in [0, 0.05) is 37.4 Å². The number of hydrogen-bond acceptors (Lipinski definition) is 3. The van der Waals surface area contributed by atoms with Crippen LogP contribution < -0.4 is 5.32 Å². The quantitative estimate of drug-likeness (QED) is 0.746. The number of likely N-dealkylation sites (N-methyl/N-ethyl adjacent to an activating group) is 2. The Morgan fingerprint density at radius 3 is 2.82 bits per heavy atom. The maximum absolute atomic E-state index is 4.34. The molecule has 1 rings (SSSR count). The fraction of sp³-hybridized carbons (Fsp3) is 0.643. The van der Waals surface area contributed by atoms with Gasteiger partial charge in [-0.2, -0.15) is 0 Å². The van der Waals surface area contributed by atoms with Gasteiger partial charge in [-0.3, -0.25) is 4.98 Å². The smallest absolute Gasteiger partial charge is 0.0416 e. The van der Waals surface area contributed by atoms with Crippen LogP contribution in [-0.2, 0) is 6.42 Å². The topological polar surface area (TPSA) is 28.2 Å². The van der Waals surface area contributed by atoms with Gasteiger partial charge in [0.05, 0.1) is 0 Å². The van der Waals surface area contributed by atoms with E-state index >= 15 is 0 Å². The molecule has 1 aromatic heterocycles. The minimum Gasteiger partial charge on any atom is -0.316 e. The average Bonchev–Trinajstić information content (AvgIpc) is 2.37. The molecule has 0 aromatic carbocycles. The molecule has 96 valence electrons. The van der Waals surface area contributed by atoms with E-state index in [0.29, 0.717) is 6.04 Å². The number of aromatic nitrogens is 1. The van der Waals surface area contributed by atoms with Crippen LogP contribution >= 0.6 is 0 Å². The van der Waals surface area contributed by atoms with Crippen LogP contribution in [-0.4, -0.2) is 43.1 Å². The number of nitrogens with one attached hydrogen (secondary N) is 1. The van der Waals surface area contributed by atoms with Crippen molar-refractivity contribution in [3.63, 3.8) is 0 Å². The van der Waals surface area contributed by atoms with E-state index in [4.69, 9.17) is 0 Å². The molecule has 0 spiro atoms. The first-order chi connectivity index (χ1) is 8.26. The third-order valence-electron chi connectivity index (χ3n) is 3.05. The van der Waals surface area contributed by atoms with E-state index in [9.17, 15) is 0 Å². The van der Waals surface area contributed by atoms with Crippen LogP contribution in [0.4, 0.5) is 0 Å². The largest absolute Gasteiger partial charge is 0.316 e. The van der Waals surface area contributed by atoms with E-state index < -0.39 is 0 Å². The van der Waals surface area contributed by atoms with Crippen LogP contribution in [0, 0.1) is 0 Å². The summed E-state index contributed by atoms with van der Waals surface area (Å²) in [5.74, 6) is 0. The first kappa shape index (κ1) is 14.1. The van der Waals surface area contributed by atoms with Gasteiger partial charge in [-0.1, -0.05) is 19.4 Å². The van der Waals surface area contributed by atoms with Crippen molar-refractivity contribution in [1.29, 1.82) is 0 Å². The molecule has 0 bridgehead atoms. The van der Waals surface area contributed by atoms with Gasteiger partial charge in [-0.15, -0.1) is 0 Å². The maximum Gasteiger partial charge on any atom is 0.0416 e. The van der Waals surface area contributed by atoms with Crippen LogP contribution in [0.25, 0.3) is 0 Å². The SMILES string of the molecule is CCCC(CN(C)CCc1ccccn1)NC. The van der Waals surface area contributed by atoms with Crippen LogP contribution in [0.5, 0.6) is 0 Å². The Bertz CT molecular complexity index is 287. The third-order valence-corrected chi connectivity index (χ3v) is 3.05. The molecule has 1 N–H and O–H groups in total. The lowest BCUT2D eigenvalue weighted by Gasteiger charge is -2.23. The summed E-state index contributed by atoms with van der Waals surface area (Å²) in [6.45, 7) is 4.41. The first-order valence-corrected chi connectivity index (χ1v) is 6.52. The molecule has 1 heterocycles. The van der Waals surface area contributed by atoms with Crippen molar-refractivity contribution in [3.05, 3.63) is 30.1 Å². The zero-order valence-electron chi connectivity index (χ0n) is 11.3. The number of nitrogens with zero attached hydrogens (tertiary/aromatic N) is 2. The van der Waals surface area contributed by atoms with E-state index in [1.165, 1.54) is 18.5 Å². The molecular weight excluding hydrogens is 210 g/mol. The van der Waals surface area contributed by atoms with Crippen LogP contribution in [0.3, 0.4) is 0 Å². The summed E-state index contributed by atoms with van der Waals surface area (Å²) >= 11 is 0. The fourth-order valence-corrected chi connectivity index (χ4v) is 1.99. The van der Waals surface area contributed by atoms with Crippen molar-refractivity contribution in [2.24, 2.45) is 0 Å². The second-order valence-corrected chi connectivity index (χ2v) is 4.61. The normalized spacial score (nSPS) is 12.9. The van der Waals surface area contributed by atoms with Gasteiger partial charge >= 0.3 is 0 Å². The lowest BCUT2D eigenvalue weighted by molar-refractivity contribution is 0.289. The number of pyridine rings is 1. The van der Waals surface area contributed by atoms with Crippen molar-refractivity contribution in [2.75, 3.05) is 27.2 Å². The lowest BCUT2D eigenvalue weighted by Crippen LogP contribution is -2.38. The summed E-state index contributed by atoms with van der Waals surface area (Å²) < 4.78 is 0. The summed E-state index contributed by atoms with van der Waals surface area (Å²) in [5.41, 5.74) is 1.18. The van der Waals surface area contributed by atoms with Gasteiger partial charge < -0.3 is 10.2 Å². The Kier molecular flexibility index (Phi) is 6.82. The van der Waals surface area contributed by atoms with Crippen molar-refractivity contribution >= 4 is 0 Å². The van der Waals surface area contributed by atoms with Crippen molar-refractivity contribution in [2.45, 2.75) is 32.2 Å². The Morgan fingerprint density at radius 2 is 2.24 bits per heavy atom. The van der Waals surface area contributed by atoms with Gasteiger partial charge in [0.2, 0.25) is 0 Å². The van der Waals surface area contributed by atoms with E-state index in [1.807, 2.05) is 19.3 Å². The zero-order valence-corrected chi connectivity index (χ0v) is 11.3. The molecular formula is C14H25N3. The summed E-state index contributed by atoms with van der Waals surface area (Å²) in [4.78, 5) is 6.72. The highest BCUT2D eigenvalue weighted by atomic mass is 15.1. The molecule has 3 nitrogen and oxygen atoms in total. The van der Waals surface area contributed by atoms with E-state index in [1.54, 1.807) is 0 Å². The van der Waals surface area contributed by atoms with Crippen LogP contribution in [0.2, 0.25) is 0 Å². The van der Waals surface area contributed by atoms with Gasteiger partial charge in [0.15, 0.2) is 0 Å². The Balaban J connectivity index is 2.27. The molecule has 17 heavy (non-hydrogen) atoms. The monoisotopic (exact) mass is 235 g/mol. The molecule has 1 atom stereocenters. The third kappa shape index (κ3) is 5.80. The molecule has 0 fully saturated rings. The van der Waals surface area contributed by atoms with Crippen molar-refractivity contribution < 1.29 is 0 Å². The fourth-order valence-electron chi connectivity index (χ4n) is 1.99. The molecule has 3 heteroatoms. The van der Waals surface area contributed by atoms with E-state index in [2.05, 4.69) is 41.3 Å².